The molecule has 5 aromatic rings. The lowest BCUT2D eigenvalue weighted by atomic mass is 10.0. The number of rotatable bonds is 24. The fourth-order valence-electron chi connectivity index (χ4n) is 6.92. The summed E-state index contributed by atoms with van der Waals surface area (Å²) in [4.78, 5) is 61.2. The van der Waals surface area contributed by atoms with E-state index in [4.69, 9.17) is 18.6 Å². The second-order valence-electron chi connectivity index (χ2n) is 16.2. The summed E-state index contributed by atoms with van der Waals surface area (Å²) >= 11 is 2.68. The highest BCUT2D eigenvalue weighted by Gasteiger charge is 2.26. The van der Waals surface area contributed by atoms with Gasteiger partial charge in [-0.2, -0.15) is 16.8 Å². The van der Waals surface area contributed by atoms with E-state index in [0.29, 0.717) is 53.1 Å². The number of ether oxygens (including phenoxy) is 2. The van der Waals surface area contributed by atoms with Crippen molar-refractivity contribution >= 4 is 78.0 Å². The summed E-state index contributed by atoms with van der Waals surface area (Å²) in [6.07, 6.45) is 2.08. The number of Topliss-reactive ketones (excluding diaryl/α,β-unsaturated/α-hetero) is 2. The van der Waals surface area contributed by atoms with E-state index >= 15 is 0 Å². The van der Waals surface area contributed by atoms with Crippen LogP contribution in [0.5, 0.6) is 17.2 Å². The zero-order chi connectivity index (χ0) is 49.0. The lowest BCUT2D eigenvalue weighted by Gasteiger charge is -2.20. The van der Waals surface area contributed by atoms with Crippen molar-refractivity contribution in [2.24, 2.45) is 5.92 Å². The molecule has 0 saturated carbocycles. The lowest BCUT2D eigenvalue weighted by Crippen LogP contribution is -2.30. The predicted molar refractivity (Wildman–Crippen MR) is 258 cm³/mol. The van der Waals surface area contributed by atoms with Gasteiger partial charge in [-0.15, -0.1) is 22.7 Å². The summed E-state index contributed by atoms with van der Waals surface area (Å²) in [6.45, 7) is 8.38. The highest BCUT2D eigenvalue weighted by molar-refractivity contribution is 7.88. The fourth-order valence-corrected chi connectivity index (χ4v) is 10.1. The molecule has 364 valence electrons. The molecule has 5 N–H and O–H groups in total. The molecule has 6 rings (SSSR count). The molecule has 22 heteroatoms. The maximum atomic E-state index is 13.7. The Bertz CT molecular complexity index is 2810. The first-order valence-corrected chi connectivity index (χ1v) is 26.6. The third kappa shape index (κ3) is 15.3. The van der Waals surface area contributed by atoms with Gasteiger partial charge in [-0.1, -0.05) is 45.9 Å². The monoisotopic (exact) mass is 1010 g/mol. The largest absolute Gasteiger partial charge is 0.490 e. The Morgan fingerprint density at radius 1 is 0.721 bits per heavy atom. The number of nitrogens with zero attached hydrogens (tertiary/aromatic N) is 2. The molecular formula is C46H54N6O12S4. The van der Waals surface area contributed by atoms with Gasteiger partial charge in [0.15, 0.2) is 17.3 Å². The smallest absolute Gasteiger partial charge is 0.407 e. The quantitative estimate of drug-likeness (QED) is 0.0300. The summed E-state index contributed by atoms with van der Waals surface area (Å²) in [5, 5.41) is 10.8. The zero-order valence-corrected chi connectivity index (χ0v) is 41.2. The van der Waals surface area contributed by atoms with E-state index in [1.165, 1.54) is 46.9 Å². The van der Waals surface area contributed by atoms with Crippen molar-refractivity contribution in [1.29, 1.82) is 0 Å². The number of amides is 2. The SMILES string of the molecule is CCc1csc(C(Cc2ccc(NS(=O)(=O)O)cc2OS(=O)(=O)Nc2ccc(C[C@H](NC(=O)CCC(=O)c3ccc4c(c3)OCCCO4)c3nc(CC)cs3)cc2)NC(=O)CCC(=O)C(C)C)n1. The maximum absolute atomic E-state index is 13.7. The molecule has 0 bridgehead atoms. The molecule has 18 nitrogen and oxygen atoms in total. The Morgan fingerprint density at radius 3 is 1.90 bits per heavy atom. The summed E-state index contributed by atoms with van der Waals surface area (Å²) < 4.78 is 81.4. The van der Waals surface area contributed by atoms with Gasteiger partial charge in [-0.3, -0.25) is 33.2 Å². The molecule has 0 fully saturated rings. The van der Waals surface area contributed by atoms with Crippen LogP contribution in [0.1, 0.15) is 115 Å². The molecule has 2 amide bonds. The summed E-state index contributed by atoms with van der Waals surface area (Å²) in [5.74, 6) is -0.593. The molecule has 1 aliphatic rings. The van der Waals surface area contributed by atoms with Crippen molar-refractivity contribution in [2.45, 2.75) is 97.6 Å². The molecule has 68 heavy (non-hydrogen) atoms. The first-order chi connectivity index (χ1) is 32.4. The molecule has 2 aromatic heterocycles. The maximum Gasteiger partial charge on any atom is 0.407 e. The third-order valence-corrected chi connectivity index (χ3v) is 14.0. The van der Waals surface area contributed by atoms with Gasteiger partial charge < -0.3 is 24.3 Å². The van der Waals surface area contributed by atoms with E-state index in [9.17, 15) is 40.6 Å². The van der Waals surface area contributed by atoms with Crippen molar-refractivity contribution in [3.63, 3.8) is 0 Å². The van der Waals surface area contributed by atoms with Gasteiger partial charge in [0.1, 0.15) is 21.5 Å². The summed E-state index contributed by atoms with van der Waals surface area (Å²) in [5.41, 5.74) is 2.87. The van der Waals surface area contributed by atoms with Crippen LogP contribution in [0.2, 0.25) is 0 Å². The Balaban J connectivity index is 1.15. The number of hydrogen-bond donors (Lipinski definition) is 5. The van der Waals surface area contributed by atoms with E-state index < -0.39 is 38.6 Å². The van der Waals surface area contributed by atoms with Crippen LogP contribution in [-0.2, 0) is 60.7 Å². The van der Waals surface area contributed by atoms with Crippen LogP contribution >= 0.6 is 22.7 Å². The average molecular weight is 1010 g/mol. The Kier molecular flexibility index (Phi) is 17.7. The molecule has 1 aliphatic heterocycles. The van der Waals surface area contributed by atoms with Crippen LogP contribution in [0.25, 0.3) is 0 Å². The normalized spacial score (nSPS) is 13.5. The van der Waals surface area contributed by atoms with Crippen LogP contribution in [0.15, 0.2) is 71.4 Å². The Labute approximate surface area is 403 Å². The number of anilines is 2. The van der Waals surface area contributed by atoms with Crippen molar-refractivity contribution in [3.05, 3.63) is 110 Å². The average Bonchev–Trinajstić information content (AvgIpc) is 3.92. The first kappa shape index (κ1) is 51.5. The summed E-state index contributed by atoms with van der Waals surface area (Å²) in [6, 6.07) is 13.7. The predicted octanol–water partition coefficient (Wildman–Crippen LogP) is 7.30. The number of carbonyl (C=O) groups excluding carboxylic acids is 4. The Hall–Kier alpha value is -5.94. The second-order valence-corrected chi connectivity index (χ2v) is 20.4. The van der Waals surface area contributed by atoms with E-state index in [0.717, 1.165) is 29.4 Å². The minimum Gasteiger partial charge on any atom is -0.490 e. The number of ketones is 2. The second kappa shape index (κ2) is 23.4. The number of carbonyl (C=O) groups is 4. The molecule has 0 aliphatic carbocycles. The number of aromatic nitrogens is 2. The molecule has 2 atom stereocenters. The number of hydrogen-bond acceptors (Lipinski definition) is 15. The highest BCUT2D eigenvalue weighted by Crippen LogP contribution is 2.33. The standard InChI is InChI=1S/C46H54N6O12S4/c1-5-32-26-65-45(47-32)36(49-44(56)19-16-39(54)30-11-17-40-42(24-30)63-21-7-20-62-40)22-29-8-12-34(13-9-29)52-68(60,61)64-41-25-35(51-67(57,58)59)14-10-31(41)23-37(46-48-33(6-2)27-66-46)50-43(55)18-15-38(53)28(3)4/h8-14,17,24-28,36-37,51-52H,5-7,15-16,18-23H2,1-4H3,(H,49,56)(H,50,55)(H,57,58,59)/t36-,37?/m0/s1. The molecule has 3 aromatic carbocycles. The Morgan fingerprint density at radius 2 is 1.31 bits per heavy atom. The number of fused-ring (bicyclic) bond motifs is 1. The first-order valence-electron chi connectivity index (χ1n) is 22.0. The number of aryl methyl sites for hydroxylation is 2. The molecule has 3 heterocycles. The van der Waals surface area contributed by atoms with Crippen LogP contribution in [0.4, 0.5) is 11.4 Å². The van der Waals surface area contributed by atoms with Crippen LogP contribution in [-0.4, -0.2) is 68.0 Å². The summed E-state index contributed by atoms with van der Waals surface area (Å²) in [7, 11) is -9.46. The van der Waals surface area contributed by atoms with E-state index in [1.807, 2.05) is 29.3 Å². The molecule has 1 unspecified atom stereocenters. The zero-order valence-electron chi connectivity index (χ0n) is 37.9. The molecule has 0 saturated heterocycles. The topological polar surface area (TPSA) is 258 Å². The minimum absolute atomic E-state index is 0.0281. The van der Waals surface area contributed by atoms with E-state index in [-0.39, 0.29) is 84.6 Å². The minimum atomic E-state index is -4.77. The van der Waals surface area contributed by atoms with Crippen molar-refractivity contribution in [2.75, 3.05) is 22.7 Å². The van der Waals surface area contributed by atoms with Gasteiger partial charge in [0, 0.05) is 66.8 Å². The number of nitrogens with one attached hydrogen (secondary N) is 4. The van der Waals surface area contributed by atoms with Crippen molar-refractivity contribution in [1.82, 2.24) is 20.6 Å². The third-order valence-electron chi connectivity index (χ3n) is 10.6. The van der Waals surface area contributed by atoms with E-state index in [2.05, 4.69) is 20.3 Å². The van der Waals surface area contributed by atoms with Gasteiger partial charge in [0.05, 0.1) is 48.1 Å². The van der Waals surface area contributed by atoms with Gasteiger partial charge in [-0.05, 0) is 66.8 Å². The van der Waals surface area contributed by atoms with Gasteiger partial charge in [0.2, 0.25) is 11.8 Å². The number of benzene rings is 3. The van der Waals surface area contributed by atoms with Gasteiger partial charge in [0.25, 0.3) is 0 Å². The van der Waals surface area contributed by atoms with Crippen molar-refractivity contribution in [3.8, 4) is 17.2 Å². The van der Waals surface area contributed by atoms with Crippen LogP contribution < -0.4 is 33.7 Å². The van der Waals surface area contributed by atoms with Crippen LogP contribution in [0.3, 0.4) is 0 Å². The van der Waals surface area contributed by atoms with Gasteiger partial charge in [-0.25, -0.2) is 9.97 Å². The number of thiazole rings is 2. The molecular weight excluding hydrogens is 957 g/mol. The van der Waals surface area contributed by atoms with E-state index in [1.54, 1.807) is 44.2 Å². The fraction of sp³-hybridized carbons (Fsp3) is 0.391. The highest BCUT2D eigenvalue weighted by atomic mass is 32.2. The lowest BCUT2D eigenvalue weighted by molar-refractivity contribution is -0.127. The molecule has 0 radical (unpaired) electrons. The molecule has 0 spiro atoms. The van der Waals surface area contributed by atoms with Crippen molar-refractivity contribution < 1.29 is 54.2 Å². The van der Waals surface area contributed by atoms with Crippen LogP contribution in [0, 0.1) is 5.92 Å². The van der Waals surface area contributed by atoms with Gasteiger partial charge >= 0.3 is 20.6 Å².